The van der Waals surface area contributed by atoms with Gasteiger partial charge in [-0.05, 0) is 86.1 Å². The SMILES string of the molecule is CC1(C)c2ccccc2-c2ccc(N(c3cc(-c4ccc5ccccc5c4)ccc3-c3ccccc3)c3ccccc3-c3cccc4c3oc3ccccc34)cc21. The number of fused-ring (bicyclic) bond motifs is 7. The maximum Gasteiger partial charge on any atom is 0.143 e. The minimum Gasteiger partial charge on any atom is -0.455 e. The molecule has 0 bridgehead atoms. The molecule has 0 saturated carbocycles. The summed E-state index contributed by atoms with van der Waals surface area (Å²) >= 11 is 0. The van der Waals surface area contributed by atoms with E-state index in [0.717, 1.165) is 66.8 Å². The van der Waals surface area contributed by atoms with E-state index in [-0.39, 0.29) is 5.41 Å². The molecule has 2 nitrogen and oxygen atoms in total. The minimum absolute atomic E-state index is 0.164. The average molecular weight is 730 g/mol. The first-order valence-electron chi connectivity index (χ1n) is 19.8. The molecule has 1 aliphatic carbocycles. The number of furan rings is 1. The second-order valence-electron chi connectivity index (χ2n) is 15.7. The zero-order chi connectivity index (χ0) is 38.1. The highest BCUT2D eigenvalue weighted by Crippen LogP contribution is 2.53. The smallest absolute Gasteiger partial charge is 0.143 e. The van der Waals surface area contributed by atoms with E-state index in [9.17, 15) is 0 Å². The summed E-state index contributed by atoms with van der Waals surface area (Å²) in [5.74, 6) is 0. The molecule has 1 aromatic heterocycles. The second kappa shape index (κ2) is 13.0. The topological polar surface area (TPSA) is 16.4 Å². The molecule has 1 heterocycles. The van der Waals surface area contributed by atoms with Crippen molar-refractivity contribution in [2.75, 3.05) is 4.90 Å². The van der Waals surface area contributed by atoms with Crippen LogP contribution in [0.4, 0.5) is 17.1 Å². The van der Waals surface area contributed by atoms with Crippen molar-refractivity contribution < 1.29 is 4.42 Å². The lowest BCUT2D eigenvalue weighted by atomic mass is 9.82. The predicted octanol–water partition coefficient (Wildman–Crippen LogP) is 15.5. The molecule has 9 aromatic carbocycles. The van der Waals surface area contributed by atoms with Gasteiger partial charge in [-0.3, -0.25) is 0 Å². The molecule has 0 saturated heterocycles. The monoisotopic (exact) mass is 729 g/mol. The van der Waals surface area contributed by atoms with Gasteiger partial charge >= 0.3 is 0 Å². The molecule has 11 rings (SSSR count). The van der Waals surface area contributed by atoms with Crippen molar-refractivity contribution in [2.24, 2.45) is 0 Å². The van der Waals surface area contributed by atoms with E-state index in [1.54, 1.807) is 0 Å². The molecule has 270 valence electrons. The Morgan fingerprint density at radius 3 is 1.93 bits per heavy atom. The van der Waals surface area contributed by atoms with E-state index in [0.29, 0.717) is 0 Å². The third-order valence-corrected chi connectivity index (χ3v) is 12.1. The number of para-hydroxylation sites is 3. The summed E-state index contributed by atoms with van der Waals surface area (Å²) in [5, 5.41) is 4.70. The Morgan fingerprint density at radius 1 is 0.386 bits per heavy atom. The summed E-state index contributed by atoms with van der Waals surface area (Å²) in [6.07, 6.45) is 0. The lowest BCUT2D eigenvalue weighted by Crippen LogP contribution is -2.17. The highest BCUT2D eigenvalue weighted by Gasteiger charge is 2.36. The molecular weight excluding hydrogens is 691 g/mol. The van der Waals surface area contributed by atoms with Crippen LogP contribution in [0.5, 0.6) is 0 Å². The van der Waals surface area contributed by atoms with Gasteiger partial charge in [-0.1, -0.05) is 178 Å². The average Bonchev–Trinajstić information content (AvgIpc) is 3.76. The van der Waals surface area contributed by atoms with Gasteiger partial charge in [0.25, 0.3) is 0 Å². The maximum absolute atomic E-state index is 6.69. The van der Waals surface area contributed by atoms with E-state index in [1.807, 2.05) is 6.07 Å². The van der Waals surface area contributed by atoms with Crippen LogP contribution in [0.15, 0.2) is 205 Å². The van der Waals surface area contributed by atoms with Crippen molar-refractivity contribution in [2.45, 2.75) is 19.3 Å². The Kier molecular flexibility index (Phi) is 7.55. The van der Waals surface area contributed by atoms with Crippen LogP contribution >= 0.6 is 0 Å². The predicted molar refractivity (Wildman–Crippen MR) is 240 cm³/mol. The number of rotatable bonds is 6. The van der Waals surface area contributed by atoms with Crippen LogP contribution in [0, 0.1) is 0 Å². The molecule has 0 radical (unpaired) electrons. The van der Waals surface area contributed by atoms with Gasteiger partial charge in [0.05, 0.1) is 11.4 Å². The highest BCUT2D eigenvalue weighted by molar-refractivity contribution is 6.11. The highest BCUT2D eigenvalue weighted by atomic mass is 16.3. The summed E-state index contributed by atoms with van der Waals surface area (Å²) in [5.41, 5.74) is 17.0. The largest absolute Gasteiger partial charge is 0.455 e. The number of hydrogen-bond donors (Lipinski definition) is 0. The van der Waals surface area contributed by atoms with Crippen LogP contribution < -0.4 is 4.90 Å². The summed E-state index contributed by atoms with van der Waals surface area (Å²) in [6.45, 7) is 4.72. The zero-order valence-electron chi connectivity index (χ0n) is 31.9. The first kappa shape index (κ1) is 33.2. The van der Waals surface area contributed by atoms with Gasteiger partial charge in [-0.25, -0.2) is 0 Å². The Bertz CT molecular complexity index is 3170. The fraction of sp³-hybridized carbons (Fsp3) is 0.0545. The summed E-state index contributed by atoms with van der Waals surface area (Å²) in [7, 11) is 0. The standard InChI is InChI=1S/C55H39NO/c1-55(2)49-24-11-8-19-43(49)44-32-30-41(35-50(44)55)56(51-25-12-9-20-45(51)47-22-14-23-48-46-21-10-13-26-53(46)57-54(47)48)52-34-40(29-31-42(52)37-16-4-3-5-17-37)39-28-27-36-15-6-7-18-38(36)33-39/h3-35H,1-2H3. The fourth-order valence-electron chi connectivity index (χ4n) is 9.22. The maximum atomic E-state index is 6.69. The number of anilines is 3. The Labute approximate surface area is 332 Å². The van der Waals surface area contributed by atoms with E-state index >= 15 is 0 Å². The van der Waals surface area contributed by atoms with Crippen molar-refractivity contribution in [1.82, 2.24) is 0 Å². The molecule has 0 fully saturated rings. The van der Waals surface area contributed by atoms with Gasteiger partial charge in [-0.2, -0.15) is 0 Å². The van der Waals surface area contributed by atoms with Crippen LogP contribution in [0.25, 0.3) is 77.2 Å². The van der Waals surface area contributed by atoms with Crippen LogP contribution in [-0.4, -0.2) is 0 Å². The molecule has 0 unspecified atom stereocenters. The Balaban J connectivity index is 1.20. The quantitative estimate of drug-likeness (QED) is 0.169. The zero-order valence-corrected chi connectivity index (χ0v) is 31.9. The first-order valence-corrected chi connectivity index (χ1v) is 19.8. The van der Waals surface area contributed by atoms with Gasteiger partial charge < -0.3 is 9.32 Å². The molecule has 0 amide bonds. The lowest BCUT2D eigenvalue weighted by molar-refractivity contribution is 0.660. The third-order valence-electron chi connectivity index (χ3n) is 12.1. The molecule has 1 aliphatic rings. The summed E-state index contributed by atoms with van der Waals surface area (Å²) < 4.78 is 6.69. The fourth-order valence-corrected chi connectivity index (χ4v) is 9.22. The number of hydrogen-bond acceptors (Lipinski definition) is 2. The van der Waals surface area contributed by atoms with Crippen LogP contribution in [0.3, 0.4) is 0 Å². The van der Waals surface area contributed by atoms with Crippen molar-refractivity contribution in [1.29, 1.82) is 0 Å². The molecule has 0 aliphatic heterocycles. The normalized spacial score (nSPS) is 12.9. The van der Waals surface area contributed by atoms with E-state index in [1.165, 1.54) is 38.6 Å². The van der Waals surface area contributed by atoms with E-state index < -0.39 is 0 Å². The lowest BCUT2D eigenvalue weighted by Gasteiger charge is -2.32. The second-order valence-corrected chi connectivity index (χ2v) is 15.7. The van der Waals surface area contributed by atoms with Crippen LogP contribution in [0.2, 0.25) is 0 Å². The number of benzene rings is 9. The molecule has 0 atom stereocenters. The van der Waals surface area contributed by atoms with Crippen molar-refractivity contribution in [3.05, 3.63) is 211 Å². The molecule has 2 heteroatoms. The van der Waals surface area contributed by atoms with Crippen LogP contribution in [0.1, 0.15) is 25.0 Å². The van der Waals surface area contributed by atoms with Crippen LogP contribution in [-0.2, 0) is 5.41 Å². The third kappa shape index (κ3) is 5.33. The molecule has 10 aromatic rings. The van der Waals surface area contributed by atoms with E-state index in [2.05, 4.69) is 213 Å². The van der Waals surface area contributed by atoms with Crippen molar-refractivity contribution in [3.8, 4) is 44.5 Å². The Morgan fingerprint density at radius 2 is 1.04 bits per heavy atom. The molecular formula is C55H39NO. The first-order chi connectivity index (χ1) is 28.0. The minimum atomic E-state index is -0.164. The van der Waals surface area contributed by atoms with E-state index in [4.69, 9.17) is 4.42 Å². The van der Waals surface area contributed by atoms with Gasteiger partial charge in [0.2, 0.25) is 0 Å². The number of nitrogens with zero attached hydrogens (tertiary/aromatic N) is 1. The van der Waals surface area contributed by atoms with Crippen molar-refractivity contribution >= 4 is 49.8 Å². The van der Waals surface area contributed by atoms with Gasteiger partial charge in [-0.15, -0.1) is 0 Å². The molecule has 0 N–H and O–H groups in total. The molecule has 57 heavy (non-hydrogen) atoms. The summed E-state index contributed by atoms with van der Waals surface area (Å²) in [4.78, 5) is 2.49. The Hall–Kier alpha value is -7.16. The summed E-state index contributed by atoms with van der Waals surface area (Å²) in [6, 6.07) is 72.8. The van der Waals surface area contributed by atoms with Gasteiger partial charge in [0.15, 0.2) is 0 Å². The van der Waals surface area contributed by atoms with Gasteiger partial charge in [0, 0.05) is 38.6 Å². The van der Waals surface area contributed by atoms with Crippen molar-refractivity contribution in [3.63, 3.8) is 0 Å². The van der Waals surface area contributed by atoms with Gasteiger partial charge in [0.1, 0.15) is 11.2 Å². The molecule has 0 spiro atoms.